The molecule has 5 heteroatoms. The molecule has 0 spiro atoms. The average molecular weight is 429 g/mol. The number of ether oxygens (including phenoxy) is 2. The highest BCUT2D eigenvalue weighted by molar-refractivity contribution is 5.69. The third-order valence-corrected chi connectivity index (χ3v) is 5.50. The van der Waals surface area contributed by atoms with Gasteiger partial charge in [0.05, 0.1) is 6.26 Å². The van der Waals surface area contributed by atoms with Crippen LogP contribution >= 0.6 is 0 Å². The van der Waals surface area contributed by atoms with Gasteiger partial charge in [-0.3, -0.25) is 9.59 Å². The van der Waals surface area contributed by atoms with Crippen LogP contribution in [0.15, 0.2) is 52.2 Å². The zero-order valence-corrected chi connectivity index (χ0v) is 19.2. The van der Waals surface area contributed by atoms with Gasteiger partial charge in [-0.25, -0.2) is 0 Å². The molecule has 31 heavy (non-hydrogen) atoms. The maximum Gasteiger partial charge on any atom is 0.306 e. The molecule has 1 aromatic heterocycles. The molecule has 2 bridgehead atoms. The summed E-state index contributed by atoms with van der Waals surface area (Å²) in [5, 5.41) is 0. The van der Waals surface area contributed by atoms with Crippen LogP contribution in [0.25, 0.3) is 0 Å². The molecule has 1 aliphatic carbocycles. The van der Waals surface area contributed by atoms with Gasteiger partial charge in [0, 0.05) is 19.8 Å². The molecule has 1 aliphatic rings. The van der Waals surface area contributed by atoms with Gasteiger partial charge in [-0.2, -0.15) is 0 Å². The van der Waals surface area contributed by atoms with Gasteiger partial charge < -0.3 is 13.9 Å². The second kappa shape index (κ2) is 13.0. The van der Waals surface area contributed by atoms with Crippen molar-refractivity contribution >= 4 is 11.9 Å². The fourth-order valence-electron chi connectivity index (χ4n) is 3.63. The summed E-state index contributed by atoms with van der Waals surface area (Å²) >= 11 is 0. The van der Waals surface area contributed by atoms with Crippen molar-refractivity contribution < 1.29 is 23.5 Å². The summed E-state index contributed by atoms with van der Waals surface area (Å²) in [6.45, 7) is 10.2. The Bertz CT molecular complexity index is 812. The van der Waals surface area contributed by atoms with Gasteiger partial charge in [-0.1, -0.05) is 31.2 Å². The Morgan fingerprint density at radius 3 is 2.77 bits per heavy atom. The van der Waals surface area contributed by atoms with Gasteiger partial charge in [-0.15, -0.1) is 0 Å². The molecule has 0 fully saturated rings. The minimum atomic E-state index is -0.300. The number of furan rings is 1. The largest absolute Gasteiger partial charge is 0.469 e. The second-order valence-corrected chi connectivity index (χ2v) is 8.37. The first-order chi connectivity index (χ1) is 14.9. The zero-order chi connectivity index (χ0) is 22.6. The van der Waals surface area contributed by atoms with E-state index in [1.807, 2.05) is 13.2 Å². The van der Waals surface area contributed by atoms with Crippen LogP contribution in [0.4, 0.5) is 0 Å². The quantitative estimate of drug-likeness (QED) is 0.400. The summed E-state index contributed by atoms with van der Waals surface area (Å²) in [6.07, 6.45) is 12.5. The van der Waals surface area contributed by atoms with E-state index in [1.54, 1.807) is 0 Å². The van der Waals surface area contributed by atoms with E-state index in [0.29, 0.717) is 13.0 Å². The predicted molar refractivity (Wildman–Crippen MR) is 122 cm³/mol. The van der Waals surface area contributed by atoms with E-state index < -0.39 is 0 Å². The van der Waals surface area contributed by atoms with E-state index >= 15 is 0 Å². The van der Waals surface area contributed by atoms with E-state index in [4.69, 9.17) is 13.9 Å². The fraction of sp³-hybridized carbons (Fsp3) is 0.538. The van der Waals surface area contributed by atoms with Crippen molar-refractivity contribution in [2.75, 3.05) is 13.2 Å². The number of hydrogen-bond donors (Lipinski definition) is 0. The fourth-order valence-corrected chi connectivity index (χ4v) is 3.63. The molecule has 0 unspecified atom stereocenters. The first-order valence-electron chi connectivity index (χ1n) is 11.2. The molecule has 0 aliphatic heterocycles. The molecule has 0 saturated carbocycles. The normalized spacial score (nSPS) is 17.7. The number of hydrogen-bond acceptors (Lipinski definition) is 5. The van der Waals surface area contributed by atoms with Gasteiger partial charge in [0.15, 0.2) is 0 Å². The van der Waals surface area contributed by atoms with E-state index in [0.717, 1.165) is 61.9 Å². The van der Waals surface area contributed by atoms with E-state index in [2.05, 4.69) is 31.7 Å². The Hall–Kier alpha value is -2.56. The molecule has 5 nitrogen and oxygen atoms in total. The second-order valence-electron chi connectivity index (χ2n) is 8.37. The predicted octanol–water partition coefficient (Wildman–Crippen LogP) is 5.89. The Morgan fingerprint density at radius 1 is 1.23 bits per heavy atom. The highest BCUT2D eigenvalue weighted by atomic mass is 16.5. The van der Waals surface area contributed by atoms with Crippen LogP contribution in [0, 0.1) is 5.92 Å². The maximum atomic E-state index is 11.9. The van der Waals surface area contributed by atoms with E-state index in [9.17, 15) is 9.59 Å². The maximum absolute atomic E-state index is 11.9. The lowest BCUT2D eigenvalue weighted by Gasteiger charge is -2.20. The molecule has 0 N–H and O–H groups in total. The number of carbonyl (C=O) groups is 2. The first kappa shape index (κ1) is 24.7. The van der Waals surface area contributed by atoms with Crippen molar-refractivity contribution in [3.05, 3.63) is 59.1 Å². The van der Waals surface area contributed by atoms with E-state index in [1.165, 1.54) is 18.1 Å². The molecular weight excluding hydrogens is 392 g/mol. The van der Waals surface area contributed by atoms with Crippen molar-refractivity contribution in [3.8, 4) is 0 Å². The topological polar surface area (TPSA) is 65.7 Å². The number of carbonyl (C=O) groups excluding carboxylic acids is 2. The molecule has 0 radical (unpaired) electrons. The number of rotatable bonds is 7. The summed E-state index contributed by atoms with van der Waals surface area (Å²) < 4.78 is 16.4. The van der Waals surface area contributed by atoms with Crippen LogP contribution in [0.3, 0.4) is 0 Å². The molecule has 170 valence electrons. The van der Waals surface area contributed by atoms with Crippen molar-refractivity contribution in [1.29, 1.82) is 0 Å². The molecule has 0 saturated heterocycles. The van der Waals surface area contributed by atoms with Crippen LogP contribution in [-0.4, -0.2) is 25.2 Å². The average Bonchev–Trinajstić information content (AvgIpc) is 3.16. The van der Waals surface area contributed by atoms with Crippen molar-refractivity contribution in [2.24, 2.45) is 5.92 Å². The SMILES string of the molecule is C=C(COC(C)=O)[C@H]1CC=C(C)Cc2cc(co2)CCC=C(COC(=O)CCC)CC1. The molecule has 2 rings (SSSR count). The minimum absolute atomic E-state index is 0.156. The summed E-state index contributed by atoms with van der Waals surface area (Å²) in [7, 11) is 0. The number of fused-ring (bicyclic) bond motifs is 2. The number of esters is 2. The van der Waals surface area contributed by atoms with Crippen LogP contribution in [-0.2, 0) is 31.9 Å². The lowest BCUT2D eigenvalue weighted by Crippen LogP contribution is -2.13. The highest BCUT2D eigenvalue weighted by Gasteiger charge is 2.16. The Balaban J connectivity index is 2.16. The van der Waals surface area contributed by atoms with Crippen molar-refractivity contribution in [3.63, 3.8) is 0 Å². The Kier molecular flexibility index (Phi) is 10.3. The lowest BCUT2D eigenvalue weighted by molar-refractivity contribution is -0.143. The standard InChI is InChI=1S/C26H36O5/c1-5-7-26(28)31-17-22-8-6-9-23-15-25(30-18-23)14-19(2)10-12-24(13-11-22)20(3)16-29-21(4)27/h8,10,15,18,24H,3,5-7,9,11-14,16-17H2,1-2,4H3/t24-/m0/s1. The van der Waals surface area contributed by atoms with E-state index in [-0.39, 0.29) is 24.5 Å². The first-order valence-corrected chi connectivity index (χ1v) is 11.2. The lowest BCUT2D eigenvalue weighted by atomic mass is 9.89. The van der Waals surface area contributed by atoms with Crippen LogP contribution < -0.4 is 0 Å². The third-order valence-electron chi connectivity index (χ3n) is 5.50. The van der Waals surface area contributed by atoms with Gasteiger partial charge >= 0.3 is 11.9 Å². The summed E-state index contributed by atoms with van der Waals surface area (Å²) in [5.41, 5.74) is 4.46. The Labute approximate surface area is 186 Å². The van der Waals surface area contributed by atoms with Gasteiger partial charge in [0.2, 0.25) is 0 Å². The zero-order valence-electron chi connectivity index (χ0n) is 19.2. The van der Waals surface area contributed by atoms with Gasteiger partial charge in [-0.05, 0) is 74.1 Å². The number of allylic oxidation sites excluding steroid dienone is 3. The van der Waals surface area contributed by atoms with Crippen LogP contribution in [0.2, 0.25) is 0 Å². The summed E-state index contributed by atoms with van der Waals surface area (Å²) in [5.74, 6) is 0.690. The smallest absolute Gasteiger partial charge is 0.306 e. The molecule has 1 atom stereocenters. The monoisotopic (exact) mass is 428 g/mol. The summed E-state index contributed by atoms with van der Waals surface area (Å²) in [6, 6.07) is 2.12. The molecule has 0 aromatic carbocycles. The Morgan fingerprint density at radius 2 is 2.03 bits per heavy atom. The van der Waals surface area contributed by atoms with Crippen molar-refractivity contribution in [2.45, 2.75) is 72.1 Å². The number of aryl methyl sites for hydroxylation is 1. The molecule has 1 aromatic rings. The summed E-state index contributed by atoms with van der Waals surface area (Å²) in [4.78, 5) is 23.1. The van der Waals surface area contributed by atoms with Crippen LogP contribution in [0.1, 0.15) is 70.6 Å². The van der Waals surface area contributed by atoms with Crippen molar-refractivity contribution in [1.82, 2.24) is 0 Å². The molecule has 0 amide bonds. The molecular formula is C26H36O5. The minimum Gasteiger partial charge on any atom is -0.469 e. The third kappa shape index (κ3) is 9.41. The van der Waals surface area contributed by atoms with Gasteiger partial charge in [0.25, 0.3) is 0 Å². The molecule has 1 heterocycles. The van der Waals surface area contributed by atoms with Gasteiger partial charge in [0.1, 0.15) is 19.0 Å². The van der Waals surface area contributed by atoms with Crippen LogP contribution in [0.5, 0.6) is 0 Å². The highest BCUT2D eigenvalue weighted by Crippen LogP contribution is 2.26.